The van der Waals surface area contributed by atoms with Gasteiger partial charge in [-0.05, 0) is 0 Å². The lowest BCUT2D eigenvalue weighted by molar-refractivity contribution is 0.396. The van der Waals surface area contributed by atoms with Gasteiger partial charge in [-0.15, -0.1) is 5.10 Å². The lowest BCUT2D eigenvalue weighted by Gasteiger charge is -1.90. The molecule has 4 nitrogen and oxygen atoms in total. The molecule has 0 aliphatic carbocycles. The summed E-state index contributed by atoms with van der Waals surface area (Å²) >= 11 is 6.52. The second kappa shape index (κ2) is 3.51. The van der Waals surface area contributed by atoms with Crippen LogP contribution in [0.5, 0.6) is 5.88 Å². The van der Waals surface area contributed by atoms with Gasteiger partial charge in [-0.3, -0.25) is 0 Å². The number of ether oxygens (including phenoxy) is 1. The zero-order valence-corrected chi connectivity index (χ0v) is 7.19. The Hall–Kier alpha value is -0.860. The summed E-state index contributed by atoms with van der Waals surface area (Å²) in [6.07, 6.45) is 1.51. The smallest absolute Gasteiger partial charge is 0.252 e. The highest BCUT2D eigenvalue weighted by molar-refractivity contribution is 8.02. The van der Waals surface area contributed by atoms with Gasteiger partial charge in [-0.2, -0.15) is 9.35 Å². The minimum atomic E-state index is 0.328. The first-order valence-corrected chi connectivity index (χ1v) is 3.78. The maximum absolute atomic E-state index is 8.26. The molecule has 1 rings (SSSR count). The van der Waals surface area contributed by atoms with Crippen LogP contribution in [0, 0.1) is 10.7 Å². The molecular weight excluding hydrogens is 186 g/mol. The molecule has 6 heteroatoms. The second-order valence-electron chi connectivity index (χ2n) is 1.57. The minimum absolute atomic E-state index is 0.328. The fourth-order valence-electron chi connectivity index (χ4n) is 0.545. The Bertz CT molecular complexity index is 292. The predicted octanol–water partition coefficient (Wildman–Crippen LogP) is 1.52. The largest absolute Gasteiger partial charge is 0.479 e. The maximum atomic E-state index is 8.26. The summed E-state index contributed by atoms with van der Waals surface area (Å²) in [5.41, 5.74) is 0. The zero-order valence-electron chi connectivity index (χ0n) is 5.61. The Kier molecular flexibility index (Phi) is 2.63. The fraction of sp³-hybridized carbons (Fsp3) is 0.200. The molecular formula is C5H4ClN3OS. The first-order valence-electron chi connectivity index (χ1n) is 2.63. The Morgan fingerprint density at radius 1 is 1.91 bits per heavy atom. The molecule has 0 amide bonds. The summed E-state index contributed by atoms with van der Waals surface area (Å²) in [4.78, 5) is 0. The monoisotopic (exact) mass is 189 g/mol. The summed E-state index contributed by atoms with van der Waals surface area (Å²) in [5, 5.41) is 14.3. The van der Waals surface area contributed by atoms with Crippen molar-refractivity contribution in [3.05, 3.63) is 11.2 Å². The molecule has 0 saturated heterocycles. The highest BCUT2D eigenvalue weighted by Crippen LogP contribution is 2.23. The Labute approximate surface area is 72.8 Å². The van der Waals surface area contributed by atoms with Crippen LogP contribution in [0.4, 0.5) is 0 Å². The molecule has 0 atom stereocenters. The molecule has 0 aliphatic heterocycles. The van der Waals surface area contributed by atoms with Crippen LogP contribution >= 0.6 is 23.5 Å². The number of thiocyanates is 1. The minimum Gasteiger partial charge on any atom is -0.479 e. The number of nitriles is 1. The quantitative estimate of drug-likeness (QED) is 0.662. The van der Waals surface area contributed by atoms with Crippen molar-refractivity contribution >= 4 is 23.5 Å². The van der Waals surface area contributed by atoms with Crippen LogP contribution in [0.1, 0.15) is 0 Å². The van der Waals surface area contributed by atoms with E-state index in [1.807, 2.05) is 5.40 Å². The van der Waals surface area contributed by atoms with Gasteiger partial charge < -0.3 is 4.74 Å². The van der Waals surface area contributed by atoms with Gasteiger partial charge in [0.05, 0.1) is 25.3 Å². The van der Waals surface area contributed by atoms with Gasteiger partial charge in [0.2, 0.25) is 0 Å². The first kappa shape index (κ1) is 8.24. The van der Waals surface area contributed by atoms with Crippen molar-refractivity contribution in [3.8, 4) is 11.3 Å². The van der Waals surface area contributed by atoms with E-state index in [4.69, 9.17) is 21.6 Å². The summed E-state index contributed by atoms with van der Waals surface area (Å²) in [6.45, 7) is 0. The van der Waals surface area contributed by atoms with Gasteiger partial charge >= 0.3 is 0 Å². The van der Waals surface area contributed by atoms with E-state index in [9.17, 15) is 0 Å². The van der Waals surface area contributed by atoms with Gasteiger partial charge in [0, 0.05) is 0 Å². The van der Waals surface area contributed by atoms with E-state index >= 15 is 0 Å². The third-order valence-electron chi connectivity index (χ3n) is 0.945. The Morgan fingerprint density at radius 2 is 2.64 bits per heavy atom. The average molecular weight is 190 g/mol. The van der Waals surface area contributed by atoms with Crippen LogP contribution in [-0.2, 0) is 0 Å². The lowest BCUT2D eigenvalue weighted by atomic mass is 10.7. The number of hydrogen-bond donors (Lipinski definition) is 0. The maximum Gasteiger partial charge on any atom is 0.252 e. The van der Waals surface area contributed by atoms with E-state index in [1.54, 1.807) is 0 Å². The van der Waals surface area contributed by atoms with E-state index in [1.165, 1.54) is 17.4 Å². The summed E-state index contributed by atoms with van der Waals surface area (Å²) in [7, 11) is 1.47. The fourth-order valence-corrected chi connectivity index (χ4v) is 1.17. The molecule has 1 heterocycles. The normalized spacial score (nSPS) is 9.18. The molecule has 0 unspecified atom stereocenters. The molecule has 0 saturated carbocycles. The van der Waals surface area contributed by atoms with Gasteiger partial charge in [-0.25, -0.2) is 0 Å². The molecule has 58 valence electrons. The van der Waals surface area contributed by atoms with Crippen molar-refractivity contribution in [2.24, 2.45) is 0 Å². The predicted molar refractivity (Wildman–Crippen MR) is 42.4 cm³/mol. The van der Waals surface area contributed by atoms with Crippen LogP contribution in [-0.4, -0.2) is 16.3 Å². The molecule has 0 N–H and O–H groups in total. The van der Waals surface area contributed by atoms with Crippen molar-refractivity contribution in [3.63, 3.8) is 0 Å². The molecule has 0 aliphatic rings. The molecule has 0 radical (unpaired) electrons. The van der Waals surface area contributed by atoms with Gasteiger partial charge in [0.15, 0.2) is 5.40 Å². The number of halogens is 1. The third kappa shape index (κ3) is 1.79. The molecule has 1 aromatic rings. The van der Waals surface area contributed by atoms with Crippen LogP contribution in [0.15, 0.2) is 6.20 Å². The highest BCUT2D eigenvalue weighted by atomic mass is 35.5. The number of aromatic nitrogens is 2. The lowest BCUT2D eigenvalue weighted by Crippen LogP contribution is -1.86. The molecule has 0 bridgehead atoms. The average Bonchev–Trinajstić information content (AvgIpc) is 2.32. The molecule has 0 aromatic carbocycles. The van der Waals surface area contributed by atoms with Crippen LogP contribution in [0.2, 0.25) is 5.02 Å². The van der Waals surface area contributed by atoms with Crippen molar-refractivity contribution in [1.29, 1.82) is 5.26 Å². The summed E-state index contributed by atoms with van der Waals surface area (Å²) < 4.78 is 6.12. The summed E-state index contributed by atoms with van der Waals surface area (Å²) in [5.74, 6) is 0.328. The zero-order chi connectivity index (χ0) is 8.27. The number of rotatable bonds is 2. The van der Waals surface area contributed by atoms with Crippen LogP contribution in [0.25, 0.3) is 0 Å². The highest BCUT2D eigenvalue weighted by Gasteiger charge is 2.05. The standard InChI is InChI=1S/C5H4ClN3OS/c1-10-5-4(6)2-9(8-5)11-3-7/h2H,1H3. The topological polar surface area (TPSA) is 50.8 Å². The molecule has 11 heavy (non-hydrogen) atoms. The molecule has 1 aromatic heterocycles. The van der Waals surface area contributed by atoms with Gasteiger partial charge in [0.1, 0.15) is 5.02 Å². The Balaban J connectivity index is 2.88. The SMILES string of the molecule is COc1nn(SC#N)cc1Cl. The van der Waals surface area contributed by atoms with E-state index in [0.29, 0.717) is 10.9 Å². The van der Waals surface area contributed by atoms with Crippen molar-refractivity contribution in [2.75, 3.05) is 7.11 Å². The van der Waals surface area contributed by atoms with Gasteiger partial charge in [0.25, 0.3) is 5.88 Å². The van der Waals surface area contributed by atoms with E-state index in [0.717, 1.165) is 11.9 Å². The van der Waals surface area contributed by atoms with Gasteiger partial charge in [-0.1, -0.05) is 11.6 Å². The molecule has 0 fully saturated rings. The van der Waals surface area contributed by atoms with E-state index < -0.39 is 0 Å². The van der Waals surface area contributed by atoms with Crippen molar-refractivity contribution < 1.29 is 4.74 Å². The van der Waals surface area contributed by atoms with Crippen LogP contribution in [0.3, 0.4) is 0 Å². The Morgan fingerprint density at radius 3 is 3.09 bits per heavy atom. The van der Waals surface area contributed by atoms with Crippen molar-refractivity contribution in [1.82, 2.24) is 9.19 Å². The number of methoxy groups -OCH3 is 1. The van der Waals surface area contributed by atoms with Crippen LogP contribution < -0.4 is 4.74 Å². The first-order chi connectivity index (χ1) is 5.27. The van der Waals surface area contributed by atoms with E-state index in [2.05, 4.69) is 5.10 Å². The van der Waals surface area contributed by atoms with Crippen molar-refractivity contribution in [2.45, 2.75) is 0 Å². The molecule has 0 spiro atoms. The number of hydrogen-bond acceptors (Lipinski definition) is 4. The third-order valence-corrected chi connectivity index (χ3v) is 1.66. The second-order valence-corrected chi connectivity index (χ2v) is 2.72. The number of nitrogens with zero attached hydrogens (tertiary/aromatic N) is 3. The summed E-state index contributed by atoms with van der Waals surface area (Å²) in [6, 6.07) is 0. The van der Waals surface area contributed by atoms with E-state index in [-0.39, 0.29) is 0 Å².